The highest BCUT2D eigenvalue weighted by molar-refractivity contribution is 9.10. The zero-order valence-electron chi connectivity index (χ0n) is 11.0. The van der Waals surface area contributed by atoms with Crippen LogP contribution in [0, 0.1) is 0 Å². The van der Waals surface area contributed by atoms with E-state index in [1.54, 1.807) is 0 Å². The summed E-state index contributed by atoms with van der Waals surface area (Å²) in [5.74, 6) is 0.528. The molecule has 2 rings (SSSR count). The molecule has 1 atom stereocenters. The van der Waals surface area contributed by atoms with Crippen molar-refractivity contribution >= 4 is 27.5 Å². The lowest BCUT2D eigenvalue weighted by Gasteiger charge is -2.16. The predicted octanol–water partition coefficient (Wildman–Crippen LogP) is 5.27. The molecule has 0 aliphatic carbocycles. The molecule has 2 N–H and O–H groups in total. The highest BCUT2D eigenvalue weighted by atomic mass is 79.9. The van der Waals surface area contributed by atoms with Gasteiger partial charge in [0.15, 0.2) is 0 Å². The van der Waals surface area contributed by atoms with Crippen LogP contribution in [0.25, 0.3) is 0 Å². The van der Waals surface area contributed by atoms with Gasteiger partial charge >= 0.3 is 0 Å². The van der Waals surface area contributed by atoms with Crippen LogP contribution < -0.4 is 5.73 Å². The molecule has 0 spiro atoms. The lowest BCUT2D eigenvalue weighted by atomic mass is 9.96. The average Bonchev–Trinajstić information content (AvgIpc) is 2.41. The van der Waals surface area contributed by atoms with Gasteiger partial charge in [-0.2, -0.15) is 0 Å². The van der Waals surface area contributed by atoms with Crippen molar-refractivity contribution in [3.8, 4) is 0 Å². The maximum atomic E-state index is 6.31. The van der Waals surface area contributed by atoms with Crippen LogP contribution in [0.15, 0.2) is 46.9 Å². The fraction of sp³-hybridized carbons (Fsp3) is 0.250. The van der Waals surface area contributed by atoms with E-state index in [1.807, 2.05) is 18.2 Å². The molecule has 19 heavy (non-hydrogen) atoms. The normalized spacial score (nSPS) is 12.7. The van der Waals surface area contributed by atoms with Crippen LogP contribution in [0.5, 0.6) is 0 Å². The summed E-state index contributed by atoms with van der Waals surface area (Å²) in [4.78, 5) is 0. The first kappa shape index (κ1) is 14.6. The number of halogens is 2. The summed E-state index contributed by atoms with van der Waals surface area (Å²) in [5.41, 5.74) is 9.63. The first-order chi connectivity index (χ1) is 9.00. The molecule has 0 aliphatic heterocycles. The summed E-state index contributed by atoms with van der Waals surface area (Å²) >= 11 is 9.72. The van der Waals surface area contributed by atoms with Gasteiger partial charge in [0.1, 0.15) is 0 Å². The Bertz CT molecular complexity index is 563. The molecule has 1 unspecified atom stereocenters. The topological polar surface area (TPSA) is 26.0 Å². The van der Waals surface area contributed by atoms with E-state index in [2.05, 4.69) is 54.0 Å². The molecule has 100 valence electrons. The molecule has 0 heterocycles. The molecule has 2 aromatic rings. The maximum Gasteiger partial charge on any atom is 0.0599 e. The van der Waals surface area contributed by atoms with E-state index < -0.39 is 0 Å². The van der Waals surface area contributed by atoms with Crippen molar-refractivity contribution in [3.63, 3.8) is 0 Å². The molecule has 0 aliphatic rings. The third-order valence-corrected chi connectivity index (χ3v) is 4.59. The second-order valence-corrected chi connectivity index (χ2v) is 6.17. The largest absolute Gasteiger partial charge is 0.320 e. The van der Waals surface area contributed by atoms with Gasteiger partial charge in [-0.05, 0) is 44.6 Å². The van der Waals surface area contributed by atoms with Crippen LogP contribution in [-0.2, 0) is 0 Å². The quantitative estimate of drug-likeness (QED) is 0.810. The Hall–Kier alpha value is -0.830. The second kappa shape index (κ2) is 6.08. The summed E-state index contributed by atoms with van der Waals surface area (Å²) in [6, 6.07) is 14.1. The van der Waals surface area contributed by atoms with Crippen LogP contribution in [0.4, 0.5) is 0 Å². The van der Waals surface area contributed by atoms with Crippen molar-refractivity contribution in [2.75, 3.05) is 0 Å². The van der Waals surface area contributed by atoms with Crippen LogP contribution in [-0.4, -0.2) is 0 Å². The van der Waals surface area contributed by atoms with Gasteiger partial charge in [-0.15, -0.1) is 0 Å². The highest BCUT2D eigenvalue weighted by Gasteiger charge is 2.14. The minimum atomic E-state index is -0.203. The van der Waals surface area contributed by atoms with Gasteiger partial charge in [-0.3, -0.25) is 0 Å². The zero-order chi connectivity index (χ0) is 14.0. The lowest BCUT2D eigenvalue weighted by Crippen LogP contribution is -2.12. The number of hydrogen-bond acceptors (Lipinski definition) is 1. The van der Waals surface area contributed by atoms with Gasteiger partial charge in [-0.25, -0.2) is 0 Å². The van der Waals surface area contributed by atoms with Gasteiger partial charge < -0.3 is 5.73 Å². The van der Waals surface area contributed by atoms with Crippen molar-refractivity contribution in [1.82, 2.24) is 0 Å². The fourth-order valence-electron chi connectivity index (χ4n) is 2.03. The number of hydrogen-bond donors (Lipinski definition) is 1. The average molecular weight is 339 g/mol. The van der Waals surface area contributed by atoms with E-state index >= 15 is 0 Å². The minimum Gasteiger partial charge on any atom is -0.320 e. The van der Waals surface area contributed by atoms with E-state index in [0.29, 0.717) is 10.9 Å². The number of benzene rings is 2. The van der Waals surface area contributed by atoms with E-state index in [1.165, 1.54) is 5.56 Å². The summed E-state index contributed by atoms with van der Waals surface area (Å²) in [7, 11) is 0. The summed E-state index contributed by atoms with van der Waals surface area (Å²) in [6.07, 6.45) is 0. The van der Waals surface area contributed by atoms with Gasteiger partial charge in [0.05, 0.1) is 11.1 Å². The van der Waals surface area contributed by atoms with Crippen molar-refractivity contribution in [1.29, 1.82) is 0 Å². The monoisotopic (exact) mass is 337 g/mol. The SMILES string of the molecule is CC(C)c1ccc(C(N)c2cccc(Br)c2Cl)cc1. The van der Waals surface area contributed by atoms with E-state index in [-0.39, 0.29) is 6.04 Å². The summed E-state index contributed by atoms with van der Waals surface area (Å²) < 4.78 is 0.876. The van der Waals surface area contributed by atoms with Gasteiger partial charge in [0.25, 0.3) is 0 Å². The van der Waals surface area contributed by atoms with Gasteiger partial charge in [-0.1, -0.05) is 61.8 Å². The molecular weight excluding hydrogens is 322 g/mol. The summed E-state index contributed by atoms with van der Waals surface area (Å²) in [6.45, 7) is 4.36. The van der Waals surface area contributed by atoms with Gasteiger partial charge in [0, 0.05) is 4.47 Å². The second-order valence-electron chi connectivity index (χ2n) is 4.94. The third-order valence-electron chi connectivity index (χ3n) is 3.28. The molecule has 0 bridgehead atoms. The molecule has 0 amide bonds. The van der Waals surface area contributed by atoms with E-state index in [0.717, 1.165) is 15.6 Å². The Morgan fingerprint density at radius 1 is 1.00 bits per heavy atom. The predicted molar refractivity (Wildman–Crippen MR) is 85.7 cm³/mol. The standard InChI is InChI=1S/C16H17BrClN/c1-10(2)11-6-8-12(9-7-11)16(19)13-4-3-5-14(17)15(13)18/h3-10,16H,19H2,1-2H3. The molecule has 0 fully saturated rings. The first-order valence-electron chi connectivity index (χ1n) is 6.30. The molecule has 0 saturated heterocycles. The molecule has 0 aromatic heterocycles. The number of rotatable bonds is 3. The minimum absolute atomic E-state index is 0.203. The molecule has 3 heteroatoms. The Morgan fingerprint density at radius 3 is 2.16 bits per heavy atom. The molecule has 0 radical (unpaired) electrons. The zero-order valence-corrected chi connectivity index (χ0v) is 13.4. The Morgan fingerprint density at radius 2 is 1.58 bits per heavy atom. The van der Waals surface area contributed by atoms with Gasteiger partial charge in [0.2, 0.25) is 0 Å². The van der Waals surface area contributed by atoms with Crippen molar-refractivity contribution in [2.24, 2.45) is 5.73 Å². The first-order valence-corrected chi connectivity index (χ1v) is 7.47. The molecular formula is C16H17BrClN. The Kier molecular flexibility index (Phi) is 4.67. The fourth-order valence-corrected chi connectivity index (χ4v) is 2.65. The highest BCUT2D eigenvalue weighted by Crippen LogP contribution is 2.32. The van der Waals surface area contributed by atoms with Crippen molar-refractivity contribution in [2.45, 2.75) is 25.8 Å². The van der Waals surface area contributed by atoms with Crippen LogP contribution >= 0.6 is 27.5 Å². The molecule has 0 saturated carbocycles. The lowest BCUT2D eigenvalue weighted by molar-refractivity contribution is 0.847. The maximum absolute atomic E-state index is 6.31. The number of nitrogens with two attached hydrogens (primary N) is 1. The van der Waals surface area contributed by atoms with Crippen LogP contribution in [0.1, 0.15) is 42.5 Å². The van der Waals surface area contributed by atoms with Crippen LogP contribution in [0.3, 0.4) is 0 Å². The Labute approximate surface area is 127 Å². The van der Waals surface area contributed by atoms with Crippen molar-refractivity contribution < 1.29 is 0 Å². The van der Waals surface area contributed by atoms with Crippen LogP contribution in [0.2, 0.25) is 5.02 Å². The van der Waals surface area contributed by atoms with Crippen molar-refractivity contribution in [3.05, 3.63) is 68.7 Å². The van der Waals surface area contributed by atoms with E-state index in [4.69, 9.17) is 17.3 Å². The smallest absolute Gasteiger partial charge is 0.0599 e. The van der Waals surface area contributed by atoms with E-state index in [9.17, 15) is 0 Å². The summed E-state index contributed by atoms with van der Waals surface area (Å²) in [5, 5.41) is 0.683. The Balaban J connectivity index is 2.33. The molecule has 1 nitrogen and oxygen atoms in total. The molecule has 2 aromatic carbocycles. The third kappa shape index (κ3) is 3.19.